The van der Waals surface area contributed by atoms with E-state index < -0.39 is 0 Å². The molecule has 2 aromatic heterocycles. The SMILES string of the molecule is CC(C)c1ccc(-c2ccc(OCCC(C)c3ccccn3)c(C(C)C)c2)o1. The first kappa shape index (κ1) is 20.2. The molecule has 148 valence electrons. The molecule has 0 spiro atoms. The summed E-state index contributed by atoms with van der Waals surface area (Å²) >= 11 is 0. The fourth-order valence-corrected chi connectivity index (χ4v) is 3.26. The monoisotopic (exact) mass is 377 g/mol. The fourth-order valence-electron chi connectivity index (χ4n) is 3.26. The molecule has 0 bridgehead atoms. The van der Waals surface area contributed by atoms with Crippen molar-refractivity contribution in [1.82, 2.24) is 4.98 Å². The van der Waals surface area contributed by atoms with E-state index in [0.29, 0.717) is 24.4 Å². The summed E-state index contributed by atoms with van der Waals surface area (Å²) in [5.41, 5.74) is 3.43. The molecule has 0 amide bonds. The number of pyridine rings is 1. The molecule has 3 heteroatoms. The maximum absolute atomic E-state index is 6.17. The molecule has 28 heavy (non-hydrogen) atoms. The van der Waals surface area contributed by atoms with Crippen LogP contribution in [0.5, 0.6) is 5.75 Å². The highest BCUT2D eigenvalue weighted by molar-refractivity contribution is 5.61. The molecule has 3 aromatic rings. The molecule has 0 aliphatic heterocycles. The highest BCUT2D eigenvalue weighted by Gasteiger charge is 2.14. The molecule has 0 N–H and O–H groups in total. The average molecular weight is 378 g/mol. The van der Waals surface area contributed by atoms with E-state index in [1.807, 2.05) is 18.3 Å². The van der Waals surface area contributed by atoms with E-state index in [2.05, 4.69) is 76.0 Å². The minimum atomic E-state index is 0.376. The zero-order chi connectivity index (χ0) is 20.1. The van der Waals surface area contributed by atoms with Gasteiger partial charge in [-0.05, 0) is 60.4 Å². The number of nitrogens with zero attached hydrogens (tertiary/aromatic N) is 1. The summed E-state index contributed by atoms with van der Waals surface area (Å²) < 4.78 is 12.2. The van der Waals surface area contributed by atoms with Gasteiger partial charge in [0.05, 0.1) is 6.61 Å². The van der Waals surface area contributed by atoms with Crippen LogP contribution in [0.25, 0.3) is 11.3 Å². The lowest BCUT2D eigenvalue weighted by molar-refractivity contribution is 0.296. The summed E-state index contributed by atoms with van der Waals surface area (Å²) in [6.45, 7) is 11.6. The van der Waals surface area contributed by atoms with Crippen molar-refractivity contribution in [2.75, 3.05) is 6.61 Å². The van der Waals surface area contributed by atoms with Crippen LogP contribution in [0.15, 0.2) is 59.1 Å². The Kier molecular flexibility index (Phi) is 6.56. The van der Waals surface area contributed by atoms with E-state index in [4.69, 9.17) is 9.15 Å². The lowest BCUT2D eigenvalue weighted by atomic mass is 9.98. The van der Waals surface area contributed by atoms with Crippen LogP contribution in [-0.2, 0) is 0 Å². The average Bonchev–Trinajstić information content (AvgIpc) is 3.19. The Bertz CT molecular complexity index is 881. The molecule has 0 saturated heterocycles. The van der Waals surface area contributed by atoms with Crippen LogP contribution < -0.4 is 4.74 Å². The largest absolute Gasteiger partial charge is 0.493 e. The third-order valence-electron chi connectivity index (χ3n) is 5.11. The summed E-state index contributed by atoms with van der Waals surface area (Å²) in [6, 6.07) is 16.6. The molecule has 1 aromatic carbocycles. The lowest BCUT2D eigenvalue weighted by Gasteiger charge is -2.17. The summed E-state index contributed by atoms with van der Waals surface area (Å²) in [6.07, 6.45) is 2.79. The normalized spacial score (nSPS) is 12.5. The van der Waals surface area contributed by atoms with E-state index >= 15 is 0 Å². The van der Waals surface area contributed by atoms with Crippen LogP contribution in [0, 0.1) is 0 Å². The van der Waals surface area contributed by atoms with Gasteiger partial charge < -0.3 is 9.15 Å². The van der Waals surface area contributed by atoms with Crippen molar-refractivity contribution in [3.63, 3.8) is 0 Å². The smallest absolute Gasteiger partial charge is 0.134 e. The topological polar surface area (TPSA) is 35.3 Å². The van der Waals surface area contributed by atoms with Crippen molar-refractivity contribution in [3.8, 4) is 17.1 Å². The van der Waals surface area contributed by atoms with Crippen molar-refractivity contribution >= 4 is 0 Å². The van der Waals surface area contributed by atoms with Gasteiger partial charge in [0.1, 0.15) is 17.3 Å². The minimum Gasteiger partial charge on any atom is -0.493 e. The fraction of sp³-hybridized carbons (Fsp3) is 0.400. The van der Waals surface area contributed by atoms with Gasteiger partial charge in [0.15, 0.2) is 0 Å². The van der Waals surface area contributed by atoms with E-state index in [1.54, 1.807) is 0 Å². The molecule has 0 aliphatic carbocycles. The van der Waals surface area contributed by atoms with Gasteiger partial charge >= 0.3 is 0 Å². The Labute approximate surface area is 168 Å². The molecule has 0 radical (unpaired) electrons. The summed E-state index contributed by atoms with van der Waals surface area (Å²) in [4.78, 5) is 4.44. The van der Waals surface area contributed by atoms with Crippen LogP contribution >= 0.6 is 0 Å². The second-order valence-corrected chi connectivity index (χ2v) is 8.06. The van der Waals surface area contributed by atoms with Crippen LogP contribution in [0.3, 0.4) is 0 Å². The van der Waals surface area contributed by atoms with E-state index in [9.17, 15) is 0 Å². The molecular weight excluding hydrogens is 346 g/mol. The van der Waals surface area contributed by atoms with Crippen LogP contribution in [0.1, 0.15) is 75.8 Å². The van der Waals surface area contributed by atoms with Crippen LogP contribution in [0.2, 0.25) is 0 Å². The zero-order valence-electron chi connectivity index (χ0n) is 17.6. The number of furan rings is 1. The Balaban J connectivity index is 1.70. The van der Waals surface area contributed by atoms with E-state index in [1.165, 1.54) is 5.56 Å². The molecule has 3 nitrogen and oxygen atoms in total. The third-order valence-corrected chi connectivity index (χ3v) is 5.11. The first-order valence-corrected chi connectivity index (χ1v) is 10.2. The van der Waals surface area contributed by atoms with Gasteiger partial charge in [-0.25, -0.2) is 0 Å². The molecule has 3 rings (SSSR count). The highest BCUT2D eigenvalue weighted by Crippen LogP contribution is 2.33. The first-order valence-electron chi connectivity index (χ1n) is 10.2. The molecule has 0 aliphatic rings. The Morgan fingerprint density at radius 2 is 1.75 bits per heavy atom. The van der Waals surface area contributed by atoms with Crippen LogP contribution in [-0.4, -0.2) is 11.6 Å². The quantitative estimate of drug-likeness (QED) is 0.418. The van der Waals surface area contributed by atoms with Crippen molar-refractivity contribution in [2.45, 2.75) is 58.8 Å². The predicted molar refractivity (Wildman–Crippen MR) is 115 cm³/mol. The first-order chi connectivity index (χ1) is 13.5. The molecule has 0 fully saturated rings. The number of hydrogen-bond acceptors (Lipinski definition) is 3. The Morgan fingerprint density at radius 1 is 0.929 bits per heavy atom. The number of aromatic nitrogens is 1. The van der Waals surface area contributed by atoms with Gasteiger partial charge in [-0.15, -0.1) is 0 Å². The van der Waals surface area contributed by atoms with Crippen molar-refractivity contribution in [1.29, 1.82) is 0 Å². The second-order valence-electron chi connectivity index (χ2n) is 8.06. The summed E-state index contributed by atoms with van der Waals surface area (Å²) in [5, 5.41) is 0. The number of rotatable bonds is 8. The zero-order valence-corrected chi connectivity index (χ0v) is 17.6. The van der Waals surface area contributed by atoms with Crippen molar-refractivity contribution < 1.29 is 9.15 Å². The van der Waals surface area contributed by atoms with Crippen molar-refractivity contribution in [2.24, 2.45) is 0 Å². The molecule has 2 heterocycles. The van der Waals surface area contributed by atoms with Crippen LogP contribution in [0.4, 0.5) is 0 Å². The Hall–Kier alpha value is -2.55. The highest BCUT2D eigenvalue weighted by atomic mass is 16.5. The standard InChI is InChI=1S/C25H31NO2/c1-17(2)21-16-20(24-12-11-23(28-24)18(3)4)9-10-25(21)27-15-13-19(5)22-8-6-7-14-26-22/h6-12,14,16-19H,13,15H2,1-5H3. The lowest BCUT2D eigenvalue weighted by Crippen LogP contribution is -2.06. The molecular formula is C25H31NO2. The maximum atomic E-state index is 6.17. The van der Waals surface area contributed by atoms with Gasteiger partial charge in [-0.2, -0.15) is 0 Å². The molecule has 1 atom stereocenters. The molecule has 0 saturated carbocycles. The number of benzene rings is 1. The molecule has 1 unspecified atom stereocenters. The minimum absolute atomic E-state index is 0.376. The Morgan fingerprint density at radius 3 is 2.39 bits per heavy atom. The van der Waals surface area contributed by atoms with Gasteiger partial charge in [0.2, 0.25) is 0 Å². The van der Waals surface area contributed by atoms with Crippen molar-refractivity contribution in [3.05, 3.63) is 71.7 Å². The number of ether oxygens (including phenoxy) is 1. The number of hydrogen-bond donors (Lipinski definition) is 0. The maximum Gasteiger partial charge on any atom is 0.134 e. The summed E-state index contributed by atoms with van der Waals surface area (Å²) in [5.74, 6) is 4.04. The predicted octanol–water partition coefficient (Wildman–Crippen LogP) is 7.16. The van der Waals surface area contributed by atoms with Gasteiger partial charge in [-0.1, -0.05) is 40.7 Å². The van der Waals surface area contributed by atoms with E-state index in [-0.39, 0.29) is 0 Å². The van der Waals surface area contributed by atoms with Gasteiger partial charge in [0, 0.05) is 29.3 Å². The summed E-state index contributed by atoms with van der Waals surface area (Å²) in [7, 11) is 0. The van der Waals surface area contributed by atoms with E-state index in [0.717, 1.165) is 34.9 Å². The third kappa shape index (κ3) is 4.83. The second kappa shape index (κ2) is 9.09. The van der Waals surface area contributed by atoms with Gasteiger partial charge in [-0.3, -0.25) is 4.98 Å². The van der Waals surface area contributed by atoms with Gasteiger partial charge in [0.25, 0.3) is 0 Å².